The van der Waals surface area contributed by atoms with Crippen molar-refractivity contribution in [2.75, 3.05) is 32.2 Å². The molecule has 0 aromatic heterocycles. The molecule has 1 fully saturated rings. The zero-order chi connectivity index (χ0) is 24.8. The van der Waals surface area contributed by atoms with E-state index in [1.807, 2.05) is 54.3 Å². The maximum atomic E-state index is 13.5. The number of methoxy groups -OCH3 is 2. The molecule has 2 aromatic rings. The fourth-order valence-corrected chi connectivity index (χ4v) is 5.18. The van der Waals surface area contributed by atoms with Crippen LogP contribution in [0.1, 0.15) is 38.2 Å². The highest BCUT2D eigenvalue weighted by Gasteiger charge is 2.35. The third kappa shape index (κ3) is 5.88. The third-order valence-corrected chi connectivity index (χ3v) is 7.15. The fourth-order valence-electron chi connectivity index (χ4n) is 4.17. The summed E-state index contributed by atoms with van der Waals surface area (Å²) >= 11 is 1.32. The summed E-state index contributed by atoms with van der Waals surface area (Å²) in [5, 5.41) is 0.117. The number of rotatable bonds is 6. The van der Waals surface area contributed by atoms with Gasteiger partial charge >= 0.3 is 0 Å². The van der Waals surface area contributed by atoms with Crippen molar-refractivity contribution in [3.05, 3.63) is 59.8 Å². The summed E-state index contributed by atoms with van der Waals surface area (Å²) in [6.07, 6.45) is 6.15. The van der Waals surface area contributed by atoms with Crippen molar-refractivity contribution in [3.63, 3.8) is 0 Å². The van der Waals surface area contributed by atoms with Crippen molar-refractivity contribution >= 4 is 40.5 Å². The number of ether oxygens (including phenoxy) is 2. The number of benzene rings is 2. The summed E-state index contributed by atoms with van der Waals surface area (Å²) in [6, 6.07) is 14.7. The van der Waals surface area contributed by atoms with E-state index in [2.05, 4.69) is 4.99 Å². The van der Waals surface area contributed by atoms with Gasteiger partial charge in [-0.05, 0) is 55.7 Å². The molecule has 8 heteroatoms. The van der Waals surface area contributed by atoms with Crippen LogP contribution in [0.2, 0.25) is 0 Å². The van der Waals surface area contributed by atoms with Gasteiger partial charge in [-0.2, -0.15) is 0 Å². The van der Waals surface area contributed by atoms with Crippen LogP contribution in [0.15, 0.2) is 59.2 Å². The van der Waals surface area contributed by atoms with Gasteiger partial charge in [-0.3, -0.25) is 14.5 Å². The normalized spacial score (nSPS) is 18.3. The Morgan fingerprint density at radius 1 is 1.00 bits per heavy atom. The second-order valence-electron chi connectivity index (χ2n) is 8.54. The van der Waals surface area contributed by atoms with Crippen LogP contribution in [-0.4, -0.2) is 54.4 Å². The van der Waals surface area contributed by atoms with Gasteiger partial charge in [-0.25, -0.2) is 4.99 Å². The Morgan fingerprint density at radius 3 is 2.34 bits per heavy atom. The molecule has 184 valence electrons. The third-order valence-electron chi connectivity index (χ3n) is 6.11. The summed E-state index contributed by atoms with van der Waals surface area (Å²) in [7, 11) is 3.20. The standard InChI is InChI=1S/C27H31N3O4S/c1-19(25(31)29-15-6-4-5-7-16-29)35-27-28-24(17-20-11-13-22(33-2)14-12-20)26(32)30(27)21-9-8-10-23(18-21)34-3/h8-14,17-19H,4-7,15-16H2,1-3H3/b24-17-. The first-order chi connectivity index (χ1) is 17.0. The Morgan fingerprint density at radius 2 is 1.69 bits per heavy atom. The number of hydrogen-bond acceptors (Lipinski definition) is 6. The molecule has 35 heavy (non-hydrogen) atoms. The van der Waals surface area contributed by atoms with Crippen LogP contribution in [0.3, 0.4) is 0 Å². The van der Waals surface area contributed by atoms with E-state index < -0.39 is 0 Å². The van der Waals surface area contributed by atoms with Gasteiger partial charge in [-0.15, -0.1) is 0 Å². The van der Waals surface area contributed by atoms with E-state index in [0.717, 1.165) is 50.1 Å². The van der Waals surface area contributed by atoms with E-state index >= 15 is 0 Å². The van der Waals surface area contributed by atoms with Crippen LogP contribution < -0.4 is 14.4 Å². The van der Waals surface area contributed by atoms with E-state index in [9.17, 15) is 9.59 Å². The van der Waals surface area contributed by atoms with Crippen molar-refractivity contribution < 1.29 is 19.1 Å². The highest BCUT2D eigenvalue weighted by molar-refractivity contribution is 8.15. The largest absolute Gasteiger partial charge is 0.497 e. The van der Waals surface area contributed by atoms with Crippen molar-refractivity contribution in [2.24, 2.45) is 4.99 Å². The predicted octanol–water partition coefficient (Wildman–Crippen LogP) is 4.97. The van der Waals surface area contributed by atoms with Gasteiger partial charge in [-0.1, -0.05) is 42.8 Å². The summed E-state index contributed by atoms with van der Waals surface area (Å²) in [5.74, 6) is 1.22. The molecule has 0 N–H and O–H groups in total. The van der Waals surface area contributed by atoms with E-state index in [0.29, 0.717) is 22.3 Å². The van der Waals surface area contributed by atoms with Crippen molar-refractivity contribution in [1.29, 1.82) is 0 Å². The van der Waals surface area contributed by atoms with E-state index in [1.165, 1.54) is 11.8 Å². The lowest BCUT2D eigenvalue weighted by Crippen LogP contribution is -2.39. The molecule has 0 saturated carbocycles. The number of nitrogens with zero attached hydrogens (tertiary/aromatic N) is 3. The molecule has 1 saturated heterocycles. The van der Waals surface area contributed by atoms with Crippen LogP contribution in [0, 0.1) is 0 Å². The minimum Gasteiger partial charge on any atom is -0.497 e. The molecular formula is C27H31N3O4S. The van der Waals surface area contributed by atoms with E-state index in [-0.39, 0.29) is 17.1 Å². The monoisotopic (exact) mass is 493 g/mol. The molecule has 2 heterocycles. The van der Waals surface area contributed by atoms with Crippen LogP contribution >= 0.6 is 11.8 Å². The minimum atomic E-state index is -0.368. The quantitative estimate of drug-likeness (QED) is 0.531. The first-order valence-electron chi connectivity index (χ1n) is 11.9. The molecule has 4 rings (SSSR count). The number of likely N-dealkylation sites (tertiary alicyclic amines) is 1. The first-order valence-corrected chi connectivity index (χ1v) is 12.8. The molecule has 0 aliphatic carbocycles. The summed E-state index contributed by atoms with van der Waals surface area (Å²) in [6.45, 7) is 3.47. The zero-order valence-corrected chi connectivity index (χ0v) is 21.2. The number of anilines is 1. The number of carbonyl (C=O) groups is 2. The molecule has 2 amide bonds. The maximum absolute atomic E-state index is 13.5. The Kier molecular flexibility index (Phi) is 8.13. The van der Waals surface area contributed by atoms with Gasteiger partial charge in [0.2, 0.25) is 5.91 Å². The molecular weight excluding hydrogens is 462 g/mol. The molecule has 2 aliphatic heterocycles. The number of aliphatic imine (C=N–C) groups is 1. The molecule has 1 atom stereocenters. The average Bonchev–Trinajstić information content (AvgIpc) is 3.05. The topological polar surface area (TPSA) is 71.4 Å². The Hall–Kier alpha value is -3.26. The van der Waals surface area contributed by atoms with Gasteiger partial charge in [0.1, 0.15) is 17.2 Å². The summed E-state index contributed by atoms with van der Waals surface area (Å²) in [5.41, 5.74) is 1.80. The molecule has 2 aromatic carbocycles. The number of amides is 2. The molecule has 0 bridgehead atoms. The number of thioether (sulfide) groups is 1. The van der Waals surface area contributed by atoms with Gasteiger partial charge < -0.3 is 14.4 Å². The summed E-state index contributed by atoms with van der Waals surface area (Å²) in [4.78, 5) is 34.9. The lowest BCUT2D eigenvalue weighted by atomic mass is 10.2. The molecule has 7 nitrogen and oxygen atoms in total. The molecule has 1 unspecified atom stereocenters. The lowest BCUT2D eigenvalue weighted by Gasteiger charge is -2.25. The van der Waals surface area contributed by atoms with Crippen molar-refractivity contribution in [3.8, 4) is 11.5 Å². The van der Waals surface area contributed by atoms with Crippen molar-refractivity contribution in [1.82, 2.24) is 4.90 Å². The minimum absolute atomic E-state index is 0.0882. The van der Waals surface area contributed by atoms with E-state index in [1.54, 1.807) is 31.3 Å². The Balaban J connectivity index is 1.63. The molecule has 2 aliphatic rings. The highest BCUT2D eigenvalue weighted by Crippen LogP contribution is 2.33. The van der Waals surface area contributed by atoms with Gasteiger partial charge in [0.15, 0.2) is 5.17 Å². The number of carbonyl (C=O) groups excluding carboxylic acids is 2. The van der Waals surface area contributed by atoms with Crippen molar-refractivity contribution in [2.45, 2.75) is 37.9 Å². The Bertz CT molecular complexity index is 1120. The predicted molar refractivity (Wildman–Crippen MR) is 141 cm³/mol. The van der Waals surface area contributed by atoms with Crippen LogP contribution in [-0.2, 0) is 9.59 Å². The van der Waals surface area contributed by atoms with Gasteiger partial charge in [0.05, 0.1) is 25.2 Å². The highest BCUT2D eigenvalue weighted by atomic mass is 32.2. The second kappa shape index (κ2) is 11.4. The fraction of sp³-hybridized carbons (Fsp3) is 0.370. The van der Waals surface area contributed by atoms with Gasteiger partial charge in [0, 0.05) is 19.2 Å². The van der Waals surface area contributed by atoms with E-state index in [4.69, 9.17) is 9.47 Å². The maximum Gasteiger partial charge on any atom is 0.283 e. The Labute approximate surface area is 210 Å². The van der Waals surface area contributed by atoms with Crippen LogP contribution in [0.4, 0.5) is 5.69 Å². The first kappa shape index (κ1) is 24.9. The molecule has 0 spiro atoms. The van der Waals surface area contributed by atoms with Crippen LogP contribution in [0.25, 0.3) is 6.08 Å². The number of amidine groups is 1. The zero-order valence-electron chi connectivity index (χ0n) is 20.4. The average molecular weight is 494 g/mol. The van der Waals surface area contributed by atoms with Gasteiger partial charge in [0.25, 0.3) is 5.91 Å². The SMILES string of the molecule is COc1ccc(/C=C2\N=C(SC(C)C(=O)N3CCCCCC3)N(c3cccc(OC)c3)C2=O)cc1. The van der Waals surface area contributed by atoms with Crippen LogP contribution in [0.5, 0.6) is 11.5 Å². The smallest absolute Gasteiger partial charge is 0.283 e. The second-order valence-corrected chi connectivity index (χ2v) is 9.85. The summed E-state index contributed by atoms with van der Waals surface area (Å²) < 4.78 is 10.6. The number of hydrogen-bond donors (Lipinski definition) is 0. The molecule has 0 radical (unpaired) electrons. The lowest BCUT2D eigenvalue weighted by molar-refractivity contribution is -0.130.